The van der Waals surface area contributed by atoms with Crippen LogP contribution in [0.15, 0.2) is 55.1 Å². The maximum atomic E-state index is 6.74. The predicted octanol–water partition coefficient (Wildman–Crippen LogP) is 4.23. The first-order valence-corrected chi connectivity index (χ1v) is 10.5. The van der Waals surface area contributed by atoms with Gasteiger partial charge in [-0.05, 0) is 62.2 Å². The van der Waals surface area contributed by atoms with E-state index in [0.717, 1.165) is 42.0 Å². The number of rotatable bonds is 4. The number of fused-ring (bicyclic) bond motifs is 1. The fourth-order valence-corrected chi connectivity index (χ4v) is 4.58. The molecule has 0 radical (unpaired) electrons. The van der Waals surface area contributed by atoms with Crippen LogP contribution in [0.3, 0.4) is 0 Å². The van der Waals surface area contributed by atoms with E-state index in [-0.39, 0.29) is 12.0 Å². The lowest BCUT2D eigenvalue weighted by molar-refractivity contribution is 0.0908. The molecule has 6 heteroatoms. The summed E-state index contributed by atoms with van der Waals surface area (Å²) in [6, 6.07) is 10.4. The molecule has 1 N–H and O–H groups in total. The van der Waals surface area contributed by atoms with Gasteiger partial charge in [-0.15, -0.1) is 0 Å². The number of benzene rings is 1. The van der Waals surface area contributed by atoms with Crippen molar-refractivity contribution in [2.45, 2.75) is 32.3 Å². The summed E-state index contributed by atoms with van der Waals surface area (Å²) in [7, 11) is 2.18. The number of nitrogens with zero attached hydrogens (tertiary/aromatic N) is 4. The third-order valence-electron chi connectivity index (χ3n) is 6.14. The summed E-state index contributed by atoms with van der Waals surface area (Å²) in [5.41, 5.74) is 4.80. The molecule has 0 bridgehead atoms. The normalized spacial score (nSPS) is 20.0. The summed E-state index contributed by atoms with van der Waals surface area (Å²) in [5, 5.41) is 5.43. The average Bonchev–Trinajstić information content (AvgIpc) is 3.44. The topological polar surface area (TPSA) is 59.0 Å². The Morgan fingerprint density at radius 1 is 1.17 bits per heavy atom. The number of pyridine rings is 1. The molecular formula is C24H27N5O. The summed E-state index contributed by atoms with van der Waals surface area (Å²) in [5.74, 6) is 2.09. The number of piperidine rings is 1. The van der Waals surface area contributed by atoms with E-state index in [1.165, 1.54) is 16.7 Å². The van der Waals surface area contributed by atoms with Crippen molar-refractivity contribution in [1.29, 1.82) is 0 Å². The Balaban J connectivity index is 1.46. The van der Waals surface area contributed by atoms with Crippen molar-refractivity contribution >= 4 is 10.9 Å². The maximum Gasteiger partial charge on any atom is 0.153 e. The Hall–Kier alpha value is -3.12. The minimum absolute atomic E-state index is 0.109. The Morgan fingerprint density at radius 3 is 2.83 bits per heavy atom. The second kappa shape index (κ2) is 7.61. The Bertz CT molecular complexity index is 1150. The fraction of sp³-hybridized carbons (Fsp3) is 0.333. The second-order valence-electron chi connectivity index (χ2n) is 8.32. The first kappa shape index (κ1) is 18.9. The molecule has 2 atom stereocenters. The summed E-state index contributed by atoms with van der Waals surface area (Å²) in [6.07, 6.45) is 8.74. The molecule has 154 valence electrons. The molecule has 4 aromatic rings. The van der Waals surface area contributed by atoms with Crippen LogP contribution in [0, 0.1) is 13.8 Å². The lowest BCUT2D eigenvalue weighted by Gasteiger charge is -2.37. The number of H-pyrrole nitrogens is 1. The lowest BCUT2D eigenvalue weighted by Crippen LogP contribution is -2.42. The third-order valence-corrected chi connectivity index (χ3v) is 6.14. The van der Waals surface area contributed by atoms with E-state index >= 15 is 0 Å². The smallest absolute Gasteiger partial charge is 0.153 e. The molecule has 2 unspecified atom stereocenters. The second-order valence-corrected chi connectivity index (χ2v) is 8.32. The number of aryl methyl sites for hydroxylation is 2. The van der Waals surface area contributed by atoms with Gasteiger partial charge in [0, 0.05) is 49.2 Å². The first-order chi connectivity index (χ1) is 14.6. The van der Waals surface area contributed by atoms with Crippen molar-refractivity contribution in [2.24, 2.45) is 0 Å². The van der Waals surface area contributed by atoms with E-state index in [4.69, 9.17) is 4.74 Å². The van der Waals surface area contributed by atoms with E-state index in [1.807, 2.05) is 30.7 Å². The van der Waals surface area contributed by atoms with Gasteiger partial charge in [-0.1, -0.05) is 12.1 Å². The van der Waals surface area contributed by atoms with Gasteiger partial charge in [-0.3, -0.25) is 0 Å². The van der Waals surface area contributed by atoms with Crippen LogP contribution in [0.5, 0.6) is 5.75 Å². The van der Waals surface area contributed by atoms with Crippen molar-refractivity contribution < 1.29 is 4.74 Å². The van der Waals surface area contributed by atoms with E-state index in [0.29, 0.717) is 0 Å². The quantitative estimate of drug-likeness (QED) is 0.556. The number of aromatic nitrogens is 4. The minimum Gasteiger partial charge on any atom is -0.489 e. The van der Waals surface area contributed by atoms with Crippen molar-refractivity contribution in [3.8, 4) is 11.6 Å². The number of likely N-dealkylation sites (tertiary alicyclic amines) is 1. The van der Waals surface area contributed by atoms with E-state index < -0.39 is 0 Å². The van der Waals surface area contributed by atoms with Gasteiger partial charge in [0.25, 0.3) is 0 Å². The molecule has 6 nitrogen and oxygen atoms in total. The molecule has 1 aliphatic rings. The Labute approximate surface area is 176 Å². The number of ether oxygens (including phenoxy) is 1. The molecule has 4 heterocycles. The van der Waals surface area contributed by atoms with Crippen LogP contribution >= 0.6 is 0 Å². The average molecular weight is 402 g/mol. The van der Waals surface area contributed by atoms with Crippen molar-refractivity contribution in [1.82, 2.24) is 24.6 Å². The van der Waals surface area contributed by atoms with Gasteiger partial charge in [0.05, 0.1) is 5.52 Å². The van der Waals surface area contributed by atoms with Gasteiger partial charge in [0.15, 0.2) is 5.82 Å². The molecule has 1 saturated heterocycles. The SMILES string of the molecule is Cc1cc(C)c2[nH]ccc2c1OC1CCN(C)CC1c1ccc(-n2cccn2)nc1. The molecule has 0 spiro atoms. The van der Waals surface area contributed by atoms with E-state index in [1.54, 1.807) is 10.9 Å². The van der Waals surface area contributed by atoms with Crippen LogP contribution in [-0.4, -0.2) is 50.9 Å². The predicted molar refractivity (Wildman–Crippen MR) is 118 cm³/mol. The highest BCUT2D eigenvalue weighted by Crippen LogP contribution is 2.36. The zero-order chi connectivity index (χ0) is 20.7. The van der Waals surface area contributed by atoms with Crippen LogP contribution in [0.1, 0.15) is 29.0 Å². The van der Waals surface area contributed by atoms with Crippen LogP contribution in [0.2, 0.25) is 0 Å². The fourth-order valence-electron chi connectivity index (χ4n) is 4.58. The lowest BCUT2D eigenvalue weighted by atomic mass is 9.88. The summed E-state index contributed by atoms with van der Waals surface area (Å²) < 4.78 is 8.52. The largest absolute Gasteiger partial charge is 0.489 e. The van der Waals surface area contributed by atoms with Crippen molar-refractivity contribution in [2.75, 3.05) is 20.1 Å². The molecule has 30 heavy (non-hydrogen) atoms. The summed E-state index contributed by atoms with van der Waals surface area (Å²) >= 11 is 0. The Kier molecular flexibility index (Phi) is 4.79. The van der Waals surface area contributed by atoms with Gasteiger partial charge in [0.2, 0.25) is 0 Å². The monoisotopic (exact) mass is 401 g/mol. The minimum atomic E-state index is 0.109. The third kappa shape index (κ3) is 3.37. The van der Waals surface area contributed by atoms with Gasteiger partial charge in [-0.2, -0.15) is 5.10 Å². The maximum absolute atomic E-state index is 6.74. The van der Waals surface area contributed by atoms with Gasteiger partial charge >= 0.3 is 0 Å². The molecule has 0 saturated carbocycles. The highest BCUT2D eigenvalue weighted by Gasteiger charge is 2.32. The molecule has 0 amide bonds. The molecule has 1 aliphatic heterocycles. The number of hydrogen-bond donors (Lipinski definition) is 1. The van der Waals surface area contributed by atoms with Gasteiger partial charge < -0.3 is 14.6 Å². The molecular weight excluding hydrogens is 374 g/mol. The van der Waals surface area contributed by atoms with Crippen LogP contribution in [0.25, 0.3) is 16.7 Å². The molecule has 0 aliphatic carbocycles. The van der Waals surface area contributed by atoms with E-state index in [9.17, 15) is 0 Å². The van der Waals surface area contributed by atoms with Gasteiger partial charge in [-0.25, -0.2) is 9.67 Å². The zero-order valence-electron chi connectivity index (χ0n) is 17.7. The number of hydrogen-bond acceptors (Lipinski definition) is 4. The molecule has 5 rings (SSSR count). The molecule has 1 fully saturated rings. The van der Waals surface area contributed by atoms with Gasteiger partial charge in [0.1, 0.15) is 11.9 Å². The van der Waals surface area contributed by atoms with E-state index in [2.05, 4.69) is 59.1 Å². The number of nitrogens with one attached hydrogen (secondary N) is 1. The van der Waals surface area contributed by atoms with Crippen LogP contribution in [-0.2, 0) is 0 Å². The highest BCUT2D eigenvalue weighted by molar-refractivity contribution is 5.89. The standard InChI is InChI=1S/C24H27N5O/c1-16-13-17(2)24(19-7-10-25-23(16)19)30-21-8-12-28(3)15-20(21)18-5-6-22(26-14-18)29-11-4-9-27-29/h4-7,9-11,13-14,20-21,25H,8,12,15H2,1-3H3. The number of aromatic amines is 1. The van der Waals surface area contributed by atoms with Crippen molar-refractivity contribution in [3.63, 3.8) is 0 Å². The molecule has 1 aromatic carbocycles. The van der Waals surface area contributed by atoms with Crippen LogP contribution < -0.4 is 4.74 Å². The number of likely N-dealkylation sites (N-methyl/N-ethyl adjacent to an activating group) is 1. The first-order valence-electron chi connectivity index (χ1n) is 10.5. The highest BCUT2D eigenvalue weighted by atomic mass is 16.5. The summed E-state index contributed by atoms with van der Waals surface area (Å²) in [4.78, 5) is 10.4. The van der Waals surface area contributed by atoms with Crippen molar-refractivity contribution in [3.05, 3.63) is 71.8 Å². The molecule has 3 aromatic heterocycles. The zero-order valence-corrected chi connectivity index (χ0v) is 17.7. The Morgan fingerprint density at radius 2 is 2.07 bits per heavy atom. The van der Waals surface area contributed by atoms with Crippen LogP contribution in [0.4, 0.5) is 0 Å². The summed E-state index contributed by atoms with van der Waals surface area (Å²) in [6.45, 7) is 6.26.